The molecule has 0 aromatic carbocycles. The molecule has 4 N–H and O–H groups in total. The summed E-state index contributed by atoms with van der Waals surface area (Å²) in [5.41, 5.74) is 5.47. The van der Waals surface area contributed by atoms with Crippen LogP contribution in [0.5, 0.6) is 0 Å². The number of nitrogens with one attached hydrogen (secondary N) is 1. The van der Waals surface area contributed by atoms with Crippen LogP contribution < -0.4 is 11.1 Å². The van der Waals surface area contributed by atoms with Crippen LogP contribution >= 0.6 is 0 Å². The largest absolute Gasteiger partial charge is 0.480 e. The maximum absolute atomic E-state index is 12.7. The molecule has 0 fully saturated rings. The third kappa shape index (κ3) is 30.8. The molecule has 45 heavy (non-hydrogen) atoms. The van der Waals surface area contributed by atoms with Gasteiger partial charge >= 0.3 is 11.9 Å². The number of nitrogens with two attached hydrogens (primary N) is 1. The van der Waals surface area contributed by atoms with E-state index in [9.17, 15) is 19.5 Å². The second-order valence-electron chi connectivity index (χ2n) is 13.4. The van der Waals surface area contributed by atoms with Gasteiger partial charge in [-0.2, -0.15) is 0 Å². The van der Waals surface area contributed by atoms with Gasteiger partial charge in [-0.3, -0.25) is 9.59 Å². The highest BCUT2D eigenvalue weighted by Gasteiger charge is 2.19. The Morgan fingerprint density at radius 3 is 1.38 bits per heavy atom. The van der Waals surface area contributed by atoms with Crippen molar-refractivity contribution >= 4 is 17.8 Å². The van der Waals surface area contributed by atoms with E-state index in [0.717, 1.165) is 64.2 Å². The fourth-order valence-electron chi connectivity index (χ4n) is 5.98. The van der Waals surface area contributed by atoms with Gasteiger partial charge in [-0.25, -0.2) is 4.79 Å². The van der Waals surface area contributed by atoms with Crippen LogP contribution in [0.1, 0.15) is 206 Å². The molecule has 266 valence electrons. The molecular weight excluding hydrogens is 564 g/mol. The van der Waals surface area contributed by atoms with Crippen molar-refractivity contribution in [3.05, 3.63) is 0 Å². The minimum absolute atomic E-state index is 0.0211. The van der Waals surface area contributed by atoms with Crippen LogP contribution in [0, 0.1) is 0 Å². The first kappa shape index (κ1) is 43.4. The highest BCUT2D eigenvalue weighted by molar-refractivity contribution is 5.83. The Hall–Kier alpha value is -1.63. The summed E-state index contributed by atoms with van der Waals surface area (Å²) in [4.78, 5) is 36.1. The van der Waals surface area contributed by atoms with Crippen molar-refractivity contribution in [1.82, 2.24) is 5.32 Å². The van der Waals surface area contributed by atoms with E-state index < -0.39 is 12.0 Å². The number of carbonyl (C=O) groups is 3. The Bertz CT molecular complexity index is 687. The van der Waals surface area contributed by atoms with Crippen LogP contribution in [0.2, 0.25) is 0 Å². The molecule has 0 saturated heterocycles. The van der Waals surface area contributed by atoms with Crippen LogP contribution in [0.15, 0.2) is 0 Å². The number of amides is 1. The highest BCUT2D eigenvalue weighted by atomic mass is 16.5. The third-order valence-corrected chi connectivity index (χ3v) is 8.92. The molecule has 2 atom stereocenters. The number of carbonyl (C=O) groups excluding carboxylic acids is 2. The molecule has 0 aliphatic heterocycles. The Balaban J connectivity index is 4.19. The Morgan fingerprint density at radius 2 is 0.956 bits per heavy atom. The number of esters is 1. The summed E-state index contributed by atoms with van der Waals surface area (Å²) in [6.07, 6.45) is 32.9. The number of hydrogen-bond donors (Lipinski definition) is 3. The average molecular weight is 639 g/mol. The number of unbranched alkanes of at least 4 members (excludes halogenated alkanes) is 21. The predicted molar refractivity (Wildman–Crippen MR) is 188 cm³/mol. The molecule has 0 aliphatic rings. The lowest BCUT2D eigenvalue weighted by Crippen LogP contribution is -2.40. The quantitative estimate of drug-likeness (QED) is 0.0469. The van der Waals surface area contributed by atoms with Crippen LogP contribution in [0.4, 0.5) is 0 Å². The van der Waals surface area contributed by atoms with Gasteiger partial charge in [-0.1, -0.05) is 142 Å². The van der Waals surface area contributed by atoms with E-state index in [-0.39, 0.29) is 18.0 Å². The highest BCUT2D eigenvalue weighted by Crippen LogP contribution is 2.19. The van der Waals surface area contributed by atoms with Crippen molar-refractivity contribution in [3.63, 3.8) is 0 Å². The van der Waals surface area contributed by atoms with E-state index in [2.05, 4.69) is 19.2 Å². The SMILES string of the molecule is CCCCCCCCCCCCCCC(=O)OC(CCCCCCCCC)CCCCCCCC(=O)NC(CCCN)C(=O)O. The number of aliphatic carboxylic acids is 1. The van der Waals surface area contributed by atoms with Crippen LogP contribution in [0.3, 0.4) is 0 Å². The first-order valence-electron chi connectivity index (χ1n) is 19.4. The summed E-state index contributed by atoms with van der Waals surface area (Å²) in [6.45, 7) is 4.93. The van der Waals surface area contributed by atoms with Crippen molar-refractivity contribution in [2.24, 2.45) is 5.73 Å². The predicted octanol–water partition coefficient (Wildman–Crippen LogP) is 10.2. The maximum atomic E-state index is 12.7. The Morgan fingerprint density at radius 1 is 0.556 bits per heavy atom. The summed E-state index contributed by atoms with van der Waals surface area (Å²) < 4.78 is 5.99. The molecule has 2 unspecified atom stereocenters. The van der Waals surface area contributed by atoms with Gasteiger partial charge in [0, 0.05) is 12.8 Å². The van der Waals surface area contributed by atoms with E-state index in [1.165, 1.54) is 103 Å². The molecule has 1 amide bonds. The van der Waals surface area contributed by atoms with Crippen molar-refractivity contribution < 1.29 is 24.2 Å². The molecule has 0 aromatic heterocycles. The number of ether oxygens (including phenoxy) is 1. The zero-order valence-electron chi connectivity index (χ0n) is 29.7. The van der Waals surface area contributed by atoms with Gasteiger partial charge in [0.15, 0.2) is 0 Å². The zero-order chi connectivity index (χ0) is 33.2. The lowest BCUT2D eigenvalue weighted by molar-refractivity contribution is -0.150. The molecule has 0 radical (unpaired) electrons. The Kier molecular flexibility index (Phi) is 32.5. The van der Waals surface area contributed by atoms with Gasteiger partial charge in [0.1, 0.15) is 12.1 Å². The molecule has 7 nitrogen and oxygen atoms in total. The first-order valence-corrected chi connectivity index (χ1v) is 19.4. The standard InChI is InChI=1S/C38H74N2O5/c1-3-5-7-9-11-12-13-14-15-17-22-26-32-37(42)45-34(28-23-19-16-10-8-6-4-2)29-24-20-18-21-25-31-36(41)40-35(38(43)44)30-27-33-39/h34-35H,3-33,39H2,1-2H3,(H,40,41)(H,43,44). The van der Waals surface area contributed by atoms with Crippen molar-refractivity contribution in [2.45, 2.75) is 219 Å². The normalized spacial score (nSPS) is 12.6. The molecule has 0 spiro atoms. The topological polar surface area (TPSA) is 119 Å². The van der Waals surface area contributed by atoms with E-state index in [1.54, 1.807) is 0 Å². The van der Waals surface area contributed by atoms with E-state index in [0.29, 0.717) is 32.2 Å². The number of rotatable bonds is 35. The monoisotopic (exact) mass is 639 g/mol. The van der Waals surface area contributed by atoms with Crippen molar-refractivity contribution in [2.75, 3.05) is 6.54 Å². The second-order valence-corrected chi connectivity index (χ2v) is 13.4. The molecule has 0 rings (SSSR count). The Labute approximate surface area is 278 Å². The molecule has 7 heteroatoms. The van der Waals surface area contributed by atoms with Gasteiger partial charge in [0.25, 0.3) is 0 Å². The van der Waals surface area contributed by atoms with Crippen LogP contribution in [0.25, 0.3) is 0 Å². The van der Waals surface area contributed by atoms with Gasteiger partial charge < -0.3 is 20.9 Å². The number of carboxylic acid groups (broad SMARTS) is 1. The minimum atomic E-state index is -1.00. The van der Waals surface area contributed by atoms with Gasteiger partial charge in [-0.15, -0.1) is 0 Å². The molecular formula is C38H74N2O5. The molecule has 0 bridgehead atoms. The maximum Gasteiger partial charge on any atom is 0.326 e. The fraction of sp³-hybridized carbons (Fsp3) is 0.921. The van der Waals surface area contributed by atoms with E-state index in [1.807, 2.05) is 0 Å². The molecule has 0 aliphatic carbocycles. The molecule has 0 heterocycles. The van der Waals surface area contributed by atoms with Crippen LogP contribution in [-0.2, 0) is 19.1 Å². The first-order chi connectivity index (χ1) is 21.9. The summed E-state index contributed by atoms with van der Waals surface area (Å²) in [5.74, 6) is -1.22. The summed E-state index contributed by atoms with van der Waals surface area (Å²) in [6, 6.07) is -0.850. The second kappa shape index (κ2) is 33.7. The smallest absolute Gasteiger partial charge is 0.326 e. The summed E-state index contributed by atoms with van der Waals surface area (Å²) in [5, 5.41) is 11.9. The third-order valence-electron chi connectivity index (χ3n) is 8.92. The minimum Gasteiger partial charge on any atom is -0.480 e. The van der Waals surface area contributed by atoms with Crippen molar-refractivity contribution in [1.29, 1.82) is 0 Å². The summed E-state index contributed by atoms with van der Waals surface area (Å²) in [7, 11) is 0. The lowest BCUT2D eigenvalue weighted by atomic mass is 10.0. The van der Waals surface area contributed by atoms with Gasteiger partial charge in [-0.05, 0) is 57.9 Å². The average Bonchev–Trinajstić information content (AvgIpc) is 3.02. The van der Waals surface area contributed by atoms with E-state index >= 15 is 0 Å². The van der Waals surface area contributed by atoms with E-state index in [4.69, 9.17) is 10.5 Å². The zero-order valence-corrected chi connectivity index (χ0v) is 29.7. The molecule has 0 aromatic rings. The molecule has 0 saturated carbocycles. The fourth-order valence-corrected chi connectivity index (χ4v) is 5.98. The number of carboxylic acids is 1. The summed E-state index contributed by atoms with van der Waals surface area (Å²) >= 11 is 0. The van der Waals surface area contributed by atoms with Gasteiger partial charge in [0.05, 0.1) is 0 Å². The number of hydrogen-bond acceptors (Lipinski definition) is 5. The van der Waals surface area contributed by atoms with Crippen LogP contribution in [-0.4, -0.2) is 41.6 Å². The van der Waals surface area contributed by atoms with Gasteiger partial charge in [0.2, 0.25) is 5.91 Å². The van der Waals surface area contributed by atoms with Crippen molar-refractivity contribution in [3.8, 4) is 0 Å². The lowest BCUT2D eigenvalue weighted by Gasteiger charge is -2.18.